The summed E-state index contributed by atoms with van der Waals surface area (Å²) in [6.07, 6.45) is -0.825. The second kappa shape index (κ2) is 14.8. The van der Waals surface area contributed by atoms with Gasteiger partial charge in [-0.2, -0.15) is 13.2 Å². The molecule has 0 saturated heterocycles. The molecule has 1 aliphatic rings. The first-order valence-electron chi connectivity index (χ1n) is 11.9. The van der Waals surface area contributed by atoms with Crippen LogP contribution in [0.3, 0.4) is 0 Å². The maximum atomic E-state index is 12.7. The number of hydrogen-bond acceptors (Lipinski definition) is 5. The van der Waals surface area contributed by atoms with E-state index >= 15 is 0 Å². The lowest BCUT2D eigenvalue weighted by Gasteiger charge is -2.25. The Kier molecular flexibility index (Phi) is 12.1. The van der Waals surface area contributed by atoms with Crippen molar-refractivity contribution in [1.29, 1.82) is 0 Å². The highest BCUT2D eigenvalue weighted by molar-refractivity contribution is 5.74. The highest BCUT2D eigenvalue weighted by Gasteiger charge is 2.27. The molecule has 1 aliphatic carbocycles. The van der Waals surface area contributed by atoms with Gasteiger partial charge in [0, 0.05) is 32.2 Å². The molecule has 0 bridgehead atoms. The molecule has 0 aromatic heterocycles. The Morgan fingerprint density at radius 3 is 2.43 bits per heavy atom. The molecule has 198 valence electrons. The molecule has 1 fully saturated rings. The molecule has 35 heavy (non-hydrogen) atoms. The van der Waals surface area contributed by atoms with Crippen LogP contribution in [-0.2, 0) is 20.7 Å². The van der Waals surface area contributed by atoms with Crippen molar-refractivity contribution in [3.63, 3.8) is 0 Å². The summed E-state index contributed by atoms with van der Waals surface area (Å²) >= 11 is 0. The van der Waals surface area contributed by atoms with Crippen molar-refractivity contribution in [3.8, 4) is 5.75 Å². The highest BCUT2D eigenvalue weighted by Crippen LogP contribution is 2.18. The molecule has 1 aromatic rings. The molecule has 1 atom stereocenters. The number of carboxylic acids is 1. The summed E-state index contributed by atoms with van der Waals surface area (Å²) in [5, 5.41) is 12.2. The molecule has 1 unspecified atom stereocenters. The average Bonchev–Trinajstić information content (AvgIpc) is 3.30. The van der Waals surface area contributed by atoms with Gasteiger partial charge in [-0.25, -0.2) is 9.59 Å². The van der Waals surface area contributed by atoms with Gasteiger partial charge in [0.2, 0.25) is 0 Å². The molecule has 0 radical (unpaired) electrons. The highest BCUT2D eigenvalue weighted by atomic mass is 19.4. The molecule has 8 nitrogen and oxygen atoms in total. The number of carbonyl (C=O) groups is 2. The van der Waals surface area contributed by atoms with Crippen LogP contribution in [0.25, 0.3) is 0 Å². The first-order chi connectivity index (χ1) is 16.7. The third kappa shape index (κ3) is 11.6. The Balaban J connectivity index is 1.83. The monoisotopic (exact) mass is 504 g/mol. The number of rotatable bonds is 15. The number of aliphatic carboxylic acids is 1. The lowest BCUT2D eigenvalue weighted by molar-refractivity contribution is -0.174. The normalized spacial score (nSPS) is 15.1. The molecule has 2 N–H and O–H groups in total. The molecule has 1 aromatic carbocycles. The number of halogens is 3. The summed E-state index contributed by atoms with van der Waals surface area (Å²) in [6, 6.07) is 6.80. The predicted octanol–water partition coefficient (Wildman–Crippen LogP) is 4.02. The summed E-state index contributed by atoms with van der Waals surface area (Å²) in [5.74, 6) is -0.464. The zero-order valence-corrected chi connectivity index (χ0v) is 20.0. The number of carbonyl (C=O) groups excluding carboxylic acids is 1. The molecule has 1 saturated carbocycles. The fourth-order valence-electron chi connectivity index (χ4n) is 3.82. The van der Waals surface area contributed by atoms with Crippen LogP contribution in [0, 0.1) is 0 Å². The van der Waals surface area contributed by atoms with Crippen LogP contribution in [0.5, 0.6) is 5.75 Å². The predicted molar refractivity (Wildman–Crippen MR) is 123 cm³/mol. The number of amides is 2. The Morgan fingerprint density at radius 2 is 1.83 bits per heavy atom. The topological polar surface area (TPSA) is 97.3 Å². The van der Waals surface area contributed by atoms with E-state index in [4.69, 9.17) is 9.47 Å². The number of benzene rings is 1. The zero-order chi connectivity index (χ0) is 25.7. The molecule has 0 spiro atoms. The lowest BCUT2D eigenvalue weighted by atomic mass is 10.1. The Morgan fingerprint density at radius 1 is 1.14 bits per heavy atom. The smallest absolute Gasteiger partial charge is 0.411 e. The molecular formula is C24H35F3N2O6. The van der Waals surface area contributed by atoms with Gasteiger partial charge in [-0.05, 0) is 43.9 Å². The zero-order valence-electron chi connectivity index (χ0n) is 20.0. The van der Waals surface area contributed by atoms with E-state index in [-0.39, 0.29) is 51.2 Å². The van der Waals surface area contributed by atoms with Crippen LogP contribution >= 0.6 is 0 Å². The fraction of sp³-hybridized carbons (Fsp3) is 0.667. The van der Waals surface area contributed by atoms with Gasteiger partial charge in [0.25, 0.3) is 0 Å². The molecule has 0 aliphatic heterocycles. The third-order valence-corrected chi connectivity index (χ3v) is 5.57. The van der Waals surface area contributed by atoms with E-state index < -0.39 is 24.9 Å². The summed E-state index contributed by atoms with van der Waals surface area (Å²) < 4.78 is 52.3. The number of hydrogen-bond donors (Lipinski definition) is 2. The van der Waals surface area contributed by atoms with Gasteiger partial charge in [0.05, 0.1) is 6.54 Å². The van der Waals surface area contributed by atoms with Crippen LogP contribution in [0.4, 0.5) is 18.0 Å². The van der Waals surface area contributed by atoms with Crippen LogP contribution in [0.2, 0.25) is 0 Å². The Bertz CT molecular complexity index is 770. The Labute approximate surface area is 203 Å². The lowest BCUT2D eigenvalue weighted by Crippen LogP contribution is -2.46. The standard InChI is InChI=1S/C24H35F3N2O6/c1-2-34-21(22(30)31)16-18-8-10-20(11-9-18)35-15-13-29(12-5-14-33-17-24(25,26)27)23(32)28-19-6-3-4-7-19/h8-11,19,21H,2-7,12-17H2,1H3,(H,28,32)(H,30,31). The summed E-state index contributed by atoms with van der Waals surface area (Å²) in [7, 11) is 0. The van der Waals surface area contributed by atoms with Crippen LogP contribution in [0.15, 0.2) is 24.3 Å². The maximum absolute atomic E-state index is 12.7. The molecule has 2 rings (SSSR count). The fourth-order valence-corrected chi connectivity index (χ4v) is 3.82. The van der Waals surface area contributed by atoms with E-state index in [0.717, 1.165) is 31.2 Å². The van der Waals surface area contributed by atoms with Crippen molar-refractivity contribution < 1.29 is 42.1 Å². The van der Waals surface area contributed by atoms with E-state index in [1.54, 1.807) is 31.2 Å². The number of ether oxygens (including phenoxy) is 3. The van der Waals surface area contributed by atoms with Crippen LogP contribution in [-0.4, -0.2) is 79.8 Å². The van der Waals surface area contributed by atoms with Crippen molar-refractivity contribution in [2.45, 2.75) is 63.8 Å². The molecule has 0 heterocycles. The molecule has 11 heteroatoms. The van der Waals surface area contributed by atoms with E-state index in [9.17, 15) is 27.9 Å². The van der Waals surface area contributed by atoms with Gasteiger partial charge >= 0.3 is 18.2 Å². The van der Waals surface area contributed by atoms with Gasteiger partial charge < -0.3 is 29.5 Å². The second-order valence-corrected chi connectivity index (χ2v) is 8.42. The van der Waals surface area contributed by atoms with E-state index in [1.807, 2.05) is 0 Å². The quantitative estimate of drug-likeness (QED) is 0.350. The SMILES string of the molecule is CCOC(Cc1ccc(OCCN(CCCOCC(F)(F)F)C(=O)NC2CCCC2)cc1)C(=O)O. The van der Waals surface area contributed by atoms with Crippen molar-refractivity contribution in [2.75, 3.05) is 39.5 Å². The van der Waals surface area contributed by atoms with Gasteiger partial charge in [-0.3, -0.25) is 0 Å². The van der Waals surface area contributed by atoms with Crippen molar-refractivity contribution in [2.24, 2.45) is 0 Å². The van der Waals surface area contributed by atoms with Crippen LogP contribution < -0.4 is 10.1 Å². The minimum atomic E-state index is -4.37. The van der Waals surface area contributed by atoms with Gasteiger partial charge in [0.1, 0.15) is 19.0 Å². The number of urea groups is 1. The van der Waals surface area contributed by atoms with Crippen LogP contribution in [0.1, 0.15) is 44.6 Å². The van der Waals surface area contributed by atoms with E-state index in [0.29, 0.717) is 12.4 Å². The van der Waals surface area contributed by atoms with Gasteiger partial charge in [-0.15, -0.1) is 0 Å². The van der Waals surface area contributed by atoms with Crippen molar-refractivity contribution in [3.05, 3.63) is 29.8 Å². The second-order valence-electron chi connectivity index (χ2n) is 8.42. The largest absolute Gasteiger partial charge is 0.492 e. The molecule has 2 amide bonds. The number of carboxylic acid groups (broad SMARTS) is 1. The minimum absolute atomic E-state index is 0.103. The third-order valence-electron chi connectivity index (χ3n) is 5.57. The summed E-state index contributed by atoms with van der Waals surface area (Å²) in [6.45, 7) is 1.32. The number of alkyl halides is 3. The first-order valence-corrected chi connectivity index (χ1v) is 11.9. The molecular weight excluding hydrogens is 469 g/mol. The summed E-state index contributed by atoms with van der Waals surface area (Å²) in [5.41, 5.74) is 0.787. The van der Waals surface area contributed by atoms with Gasteiger partial charge in [-0.1, -0.05) is 25.0 Å². The van der Waals surface area contributed by atoms with Gasteiger partial charge in [0.15, 0.2) is 6.10 Å². The first kappa shape index (κ1) is 28.7. The number of nitrogens with one attached hydrogen (secondary N) is 1. The Hall–Kier alpha value is -2.53. The average molecular weight is 505 g/mol. The van der Waals surface area contributed by atoms with E-state index in [2.05, 4.69) is 10.1 Å². The van der Waals surface area contributed by atoms with E-state index in [1.165, 1.54) is 4.90 Å². The van der Waals surface area contributed by atoms with Crippen molar-refractivity contribution in [1.82, 2.24) is 10.2 Å². The summed E-state index contributed by atoms with van der Waals surface area (Å²) in [4.78, 5) is 25.5. The number of nitrogens with zero attached hydrogens (tertiary/aromatic N) is 1. The minimum Gasteiger partial charge on any atom is -0.492 e. The maximum Gasteiger partial charge on any atom is 0.411 e. The van der Waals surface area contributed by atoms with Crippen molar-refractivity contribution >= 4 is 12.0 Å².